The van der Waals surface area contributed by atoms with E-state index < -0.39 is 22.2 Å². The average Bonchev–Trinajstić information content (AvgIpc) is 2.44. The van der Waals surface area contributed by atoms with E-state index in [2.05, 4.69) is 21.2 Å². The number of hydrogen-bond donors (Lipinski definition) is 1. The molecule has 0 bridgehead atoms. The molecule has 0 aliphatic carbocycles. The van der Waals surface area contributed by atoms with Crippen molar-refractivity contribution in [2.24, 2.45) is 0 Å². The highest BCUT2D eigenvalue weighted by Gasteiger charge is 2.21. The molecule has 0 radical (unpaired) electrons. The zero-order chi connectivity index (χ0) is 15.4. The highest BCUT2D eigenvalue weighted by molar-refractivity contribution is 9.10. The number of ether oxygens (including phenoxy) is 1. The predicted octanol–water partition coefficient (Wildman–Crippen LogP) is 4.01. The minimum Gasteiger partial charge on any atom is -0.447 e. The van der Waals surface area contributed by atoms with Gasteiger partial charge in [0.2, 0.25) is 5.75 Å². The average molecular weight is 355 g/mol. The van der Waals surface area contributed by atoms with Gasteiger partial charge >= 0.3 is 5.69 Å². The smallest absolute Gasteiger partial charge is 0.314 e. The summed E-state index contributed by atoms with van der Waals surface area (Å²) in [5, 5.41) is 13.9. The predicted molar refractivity (Wildman–Crippen MR) is 80.0 cm³/mol. The van der Waals surface area contributed by atoms with Crippen molar-refractivity contribution < 1.29 is 14.1 Å². The first-order valence-corrected chi connectivity index (χ1v) is 6.86. The van der Waals surface area contributed by atoms with Gasteiger partial charge in [-0.25, -0.2) is 4.39 Å². The summed E-state index contributed by atoms with van der Waals surface area (Å²) in [6, 6.07) is 8.85. The van der Waals surface area contributed by atoms with Crippen LogP contribution in [0.1, 0.15) is 5.56 Å². The Morgan fingerprint density at radius 3 is 2.81 bits per heavy atom. The summed E-state index contributed by atoms with van der Waals surface area (Å²) in [4.78, 5) is 10.3. The monoisotopic (exact) mass is 354 g/mol. The van der Waals surface area contributed by atoms with Gasteiger partial charge in [0.1, 0.15) is 5.75 Å². The number of nitrogens with zero attached hydrogens (tertiary/aromatic N) is 1. The van der Waals surface area contributed by atoms with Crippen LogP contribution in [-0.2, 0) is 6.54 Å². The third-order valence-electron chi connectivity index (χ3n) is 2.75. The molecule has 0 saturated carbocycles. The van der Waals surface area contributed by atoms with Gasteiger partial charge in [-0.1, -0.05) is 28.1 Å². The van der Waals surface area contributed by atoms with Crippen LogP contribution in [0.25, 0.3) is 0 Å². The zero-order valence-corrected chi connectivity index (χ0v) is 12.7. The number of para-hydroxylation sites is 1. The molecule has 5 nitrogen and oxygen atoms in total. The van der Waals surface area contributed by atoms with E-state index in [1.807, 2.05) is 6.07 Å². The van der Waals surface area contributed by atoms with Crippen LogP contribution in [-0.4, -0.2) is 12.0 Å². The van der Waals surface area contributed by atoms with Crippen molar-refractivity contribution >= 4 is 21.6 Å². The van der Waals surface area contributed by atoms with Crippen molar-refractivity contribution in [2.45, 2.75) is 6.54 Å². The Kier molecular flexibility index (Phi) is 4.87. The van der Waals surface area contributed by atoms with Gasteiger partial charge in [0.05, 0.1) is 4.92 Å². The summed E-state index contributed by atoms with van der Waals surface area (Å²) < 4.78 is 20.1. The fourth-order valence-corrected chi connectivity index (χ4v) is 2.15. The maximum Gasteiger partial charge on any atom is 0.314 e. The normalized spacial score (nSPS) is 10.4. The van der Waals surface area contributed by atoms with E-state index in [1.54, 1.807) is 19.2 Å². The van der Waals surface area contributed by atoms with Gasteiger partial charge in [-0.15, -0.1) is 0 Å². The molecule has 0 heterocycles. The Hall–Kier alpha value is -1.99. The topological polar surface area (TPSA) is 64.4 Å². The van der Waals surface area contributed by atoms with E-state index in [-0.39, 0.29) is 0 Å². The number of nitrogens with one attached hydrogen (secondary N) is 1. The van der Waals surface area contributed by atoms with Gasteiger partial charge in [-0.2, -0.15) is 0 Å². The molecule has 2 aromatic rings. The summed E-state index contributed by atoms with van der Waals surface area (Å²) in [6.45, 7) is 0.491. The molecule has 0 spiro atoms. The molecular weight excluding hydrogens is 343 g/mol. The van der Waals surface area contributed by atoms with Gasteiger partial charge in [-0.3, -0.25) is 10.1 Å². The van der Waals surface area contributed by atoms with Crippen molar-refractivity contribution in [1.82, 2.24) is 5.32 Å². The molecule has 1 N–H and O–H groups in total. The molecule has 0 amide bonds. The Bertz CT molecular complexity index is 679. The molecule has 0 aliphatic rings. The quantitative estimate of drug-likeness (QED) is 0.650. The first-order chi connectivity index (χ1) is 10.0. The summed E-state index contributed by atoms with van der Waals surface area (Å²) in [6.07, 6.45) is 0. The van der Waals surface area contributed by atoms with E-state index in [1.165, 1.54) is 12.1 Å². The lowest BCUT2D eigenvalue weighted by Crippen LogP contribution is -2.07. The fourth-order valence-electron chi connectivity index (χ4n) is 1.81. The van der Waals surface area contributed by atoms with Gasteiger partial charge in [0, 0.05) is 22.6 Å². The molecule has 2 aromatic carbocycles. The first kappa shape index (κ1) is 15.4. The lowest BCUT2D eigenvalue weighted by atomic mass is 10.2. The number of hydrogen-bond acceptors (Lipinski definition) is 4. The number of halogens is 2. The molecule has 0 unspecified atom stereocenters. The molecule has 0 atom stereocenters. The highest BCUT2D eigenvalue weighted by atomic mass is 79.9. The van der Waals surface area contributed by atoms with E-state index in [9.17, 15) is 14.5 Å². The van der Waals surface area contributed by atoms with E-state index in [4.69, 9.17) is 4.74 Å². The molecule has 0 fully saturated rings. The number of nitro benzene ring substituents is 1. The number of rotatable bonds is 5. The maximum atomic E-state index is 13.9. The first-order valence-electron chi connectivity index (χ1n) is 6.06. The molecule has 21 heavy (non-hydrogen) atoms. The molecule has 2 rings (SSSR count). The zero-order valence-electron chi connectivity index (χ0n) is 11.1. The van der Waals surface area contributed by atoms with Crippen molar-refractivity contribution in [3.05, 3.63) is 62.4 Å². The van der Waals surface area contributed by atoms with Gasteiger partial charge < -0.3 is 10.1 Å². The van der Waals surface area contributed by atoms with Gasteiger partial charge in [-0.05, 0) is 25.2 Å². The lowest BCUT2D eigenvalue weighted by molar-refractivity contribution is -0.385. The van der Waals surface area contributed by atoms with Crippen LogP contribution in [0.2, 0.25) is 0 Å². The minimum absolute atomic E-state index is 0.354. The van der Waals surface area contributed by atoms with Gasteiger partial charge in [0.15, 0.2) is 5.82 Å². The van der Waals surface area contributed by atoms with Crippen LogP contribution in [0.4, 0.5) is 10.1 Å². The Labute approximate surface area is 129 Å². The van der Waals surface area contributed by atoms with Crippen LogP contribution < -0.4 is 10.1 Å². The summed E-state index contributed by atoms with van der Waals surface area (Å²) in [7, 11) is 1.76. The fraction of sp³-hybridized carbons (Fsp3) is 0.143. The molecule has 0 aromatic heterocycles. The summed E-state index contributed by atoms with van der Waals surface area (Å²) in [5.74, 6) is -0.815. The molecule has 110 valence electrons. The lowest BCUT2D eigenvalue weighted by Gasteiger charge is -2.12. The van der Waals surface area contributed by atoms with Crippen molar-refractivity contribution in [1.29, 1.82) is 0 Å². The van der Waals surface area contributed by atoms with Crippen molar-refractivity contribution in [3.63, 3.8) is 0 Å². The Morgan fingerprint density at radius 2 is 2.14 bits per heavy atom. The van der Waals surface area contributed by atoms with E-state index in [0.717, 1.165) is 16.1 Å². The van der Waals surface area contributed by atoms with Crippen molar-refractivity contribution in [3.8, 4) is 11.5 Å². The minimum atomic E-state index is -0.778. The third kappa shape index (κ3) is 3.56. The second-order valence-corrected chi connectivity index (χ2v) is 5.15. The standard InChI is InChI=1S/C14H12BrFN2O3/c1-17-8-9-5-6-10(15)7-13(9)21-14-11(16)3-2-4-12(14)18(19)20/h2-7,17H,8H2,1H3. The molecule has 7 heteroatoms. The third-order valence-corrected chi connectivity index (χ3v) is 3.24. The summed E-state index contributed by atoms with van der Waals surface area (Å²) >= 11 is 3.30. The SMILES string of the molecule is CNCc1ccc(Br)cc1Oc1c(F)cccc1[N+](=O)[O-]. The Balaban J connectivity index is 2.47. The van der Waals surface area contributed by atoms with Crippen LogP contribution in [0.3, 0.4) is 0 Å². The number of benzene rings is 2. The molecule has 0 aliphatic heterocycles. The number of nitro groups is 1. The second-order valence-electron chi connectivity index (χ2n) is 4.23. The molecule has 0 saturated heterocycles. The van der Waals surface area contributed by atoms with Crippen molar-refractivity contribution in [2.75, 3.05) is 7.05 Å². The largest absolute Gasteiger partial charge is 0.447 e. The Morgan fingerprint density at radius 1 is 1.38 bits per heavy atom. The molecular formula is C14H12BrFN2O3. The second kappa shape index (κ2) is 6.64. The summed E-state index contributed by atoms with van der Waals surface area (Å²) in [5.41, 5.74) is 0.351. The van der Waals surface area contributed by atoms with Crippen LogP contribution >= 0.6 is 15.9 Å². The maximum absolute atomic E-state index is 13.9. The van der Waals surface area contributed by atoms with Crippen LogP contribution in [0.15, 0.2) is 40.9 Å². The highest BCUT2D eigenvalue weighted by Crippen LogP contribution is 2.36. The van der Waals surface area contributed by atoms with Crippen LogP contribution in [0, 0.1) is 15.9 Å². The van der Waals surface area contributed by atoms with Gasteiger partial charge in [0.25, 0.3) is 0 Å². The van der Waals surface area contributed by atoms with E-state index in [0.29, 0.717) is 12.3 Å². The van der Waals surface area contributed by atoms with E-state index >= 15 is 0 Å². The van der Waals surface area contributed by atoms with Crippen LogP contribution in [0.5, 0.6) is 11.5 Å².